The number of nitrogens with zero attached hydrogens (tertiary/aromatic N) is 3. The molecule has 1 unspecified atom stereocenters. The van der Waals surface area contributed by atoms with E-state index in [1.54, 1.807) is 55.5 Å². The highest BCUT2D eigenvalue weighted by atomic mass is 16.4. The Labute approximate surface area is 145 Å². The Hall–Kier alpha value is -2.57. The molecule has 1 aromatic heterocycles. The third-order valence-electron chi connectivity index (χ3n) is 4.78. The van der Waals surface area contributed by atoms with E-state index >= 15 is 0 Å². The molecule has 25 heavy (non-hydrogen) atoms. The average Bonchev–Trinajstić information content (AvgIpc) is 2.77. The van der Waals surface area contributed by atoms with Gasteiger partial charge in [0.25, 0.3) is 0 Å². The maximum Gasteiger partial charge on any atom is 0.329 e. The number of anilines is 1. The minimum atomic E-state index is -1.04. The first-order valence-electron chi connectivity index (χ1n) is 8.37. The van der Waals surface area contributed by atoms with Crippen LogP contribution in [-0.4, -0.2) is 33.2 Å². The highest BCUT2D eigenvalue weighted by molar-refractivity contribution is 6.02. The van der Waals surface area contributed by atoms with Crippen molar-refractivity contribution in [2.24, 2.45) is 5.41 Å². The minimum absolute atomic E-state index is 0.00967. The Morgan fingerprint density at radius 2 is 1.92 bits per heavy atom. The Morgan fingerprint density at radius 1 is 1.24 bits per heavy atom. The number of para-hydroxylation sites is 1. The number of aliphatic carboxylic acids is 1. The maximum atomic E-state index is 13.1. The lowest BCUT2D eigenvalue weighted by Crippen LogP contribution is -2.38. The van der Waals surface area contributed by atoms with Crippen molar-refractivity contribution >= 4 is 28.6 Å². The van der Waals surface area contributed by atoms with Crippen LogP contribution < -0.4 is 10.6 Å². The summed E-state index contributed by atoms with van der Waals surface area (Å²) in [7, 11) is 1.69. The van der Waals surface area contributed by atoms with Gasteiger partial charge in [-0.15, -0.1) is 0 Å². The van der Waals surface area contributed by atoms with Gasteiger partial charge in [-0.3, -0.25) is 13.9 Å². The molecule has 2 aromatic rings. The molecule has 7 nitrogen and oxygen atoms in total. The van der Waals surface area contributed by atoms with E-state index in [-0.39, 0.29) is 11.6 Å². The first-order valence-corrected chi connectivity index (χ1v) is 8.37. The monoisotopic (exact) mass is 345 g/mol. The van der Waals surface area contributed by atoms with Crippen molar-refractivity contribution in [1.29, 1.82) is 0 Å². The number of aryl methyl sites for hydroxylation is 1. The Bertz CT molecular complexity index is 917. The number of carboxylic acids is 1. The van der Waals surface area contributed by atoms with Crippen LogP contribution in [0.25, 0.3) is 11.0 Å². The minimum Gasteiger partial charge on any atom is -0.480 e. The first kappa shape index (κ1) is 17.3. The predicted molar refractivity (Wildman–Crippen MR) is 95.0 cm³/mol. The lowest BCUT2D eigenvalue weighted by atomic mass is 9.86. The zero-order valence-electron chi connectivity index (χ0n) is 14.9. The van der Waals surface area contributed by atoms with Gasteiger partial charge in [0.15, 0.2) is 0 Å². The second kappa shape index (κ2) is 5.75. The fourth-order valence-electron chi connectivity index (χ4n) is 3.61. The molecule has 0 fully saturated rings. The summed E-state index contributed by atoms with van der Waals surface area (Å²) in [5.74, 6) is -1.05. The van der Waals surface area contributed by atoms with Gasteiger partial charge < -0.3 is 10.0 Å². The molecule has 1 atom stereocenters. The molecule has 3 rings (SSSR count). The van der Waals surface area contributed by atoms with E-state index in [2.05, 4.69) is 0 Å². The molecular formula is C18H23N3O4. The Morgan fingerprint density at radius 3 is 2.52 bits per heavy atom. The van der Waals surface area contributed by atoms with Crippen LogP contribution in [0.5, 0.6) is 0 Å². The van der Waals surface area contributed by atoms with Gasteiger partial charge in [-0.1, -0.05) is 26.8 Å². The summed E-state index contributed by atoms with van der Waals surface area (Å²) in [4.78, 5) is 38.9. The van der Waals surface area contributed by atoms with Gasteiger partial charge in [0.05, 0.1) is 16.7 Å². The van der Waals surface area contributed by atoms with E-state index in [0.29, 0.717) is 36.1 Å². The number of benzene rings is 1. The molecule has 1 aromatic carbocycles. The number of hydrogen-bond donors (Lipinski definition) is 1. The molecule has 1 aliphatic heterocycles. The normalized spacial score (nSPS) is 16.6. The topological polar surface area (TPSA) is 84.5 Å². The molecule has 1 N–H and O–H groups in total. The highest BCUT2D eigenvalue weighted by Crippen LogP contribution is 2.35. The molecule has 0 saturated carbocycles. The zero-order chi connectivity index (χ0) is 18.5. The van der Waals surface area contributed by atoms with Gasteiger partial charge in [0, 0.05) is 20.0 Å². The van der Waals surface area contributed by atoms with Crippen LogP contribution in [0.1, 0.15) is 39.7 Å². The molecular weight excluding hydrogens is 322 g/mol. The molecule has 0 spiro atoms. The Balaban J connectivity index is 2.41. The van der Waals surface area contributed by atoms with Crippen molar-refractivity contribution in [2.75, 3.05) is 11.9 Å². The summed E-state index contributed by atoms with van der Waals surface area (Å²) in [5.41, 5.74) is 0.820. The van der Waals surface area contributed by atoms with E-state index in [1.807, 2.05) is 0 Å². The molecule has 0 aliphatic carbocycles. The number of imidazole rings is 1. The summed E-state index contributed by atoms with van der Waals surface area (Å²) in [6.45, 7) is 5.81. The van der Waals surface area contributed by atoms with E-state index < -0.39 is 17.4 Å². The smallest absolute Gasteiger partial charge is 0.329 e. The molecule has 7 heteroatoms. The van der Waals surface area contributed by atoms with E-state index in [9.17, 15) is 19.5 Å². The van der Waals surface area contributed by atoms with Gasteiger partial charge in [-0.25, -0.2) is 9.59 Å². The first-order chi connectivity index (χ1) is 11.6. The summed E-state index contributed by atoms with van der Waals surface area (Å²) in [6.07, 6.45) is 0.898. The van der Waals surface area contributed by atoms with Gasteiger partial charge in [-0.05, 0) is 24.0 Å². The fraction of sp³-hybridized carbons (Fsp3) is 0.500. The van der Waals surface area contributed by atoms with Crippen LogP contribution in [-0.2, 0) is 16.1 Å². The van der Waals surface area contributed by atoms with Gasteiger partial charge in [0.1, 0.15) is 6.04 Å². The quantitative estimate of drug-likeness (QED) is 0.904. The molecule has 1 aliphatic rings. The van der Waals surface area contributed by atoms with Gasteiger partial charge in [0.2, 0.25) is 5.91 Å². The number of carbonyl (C=O) groups excluding carboxylic acids is 1. The zero-order valence-corrected chi connectivity index (χ0v) is 14.9. The van der Waals surface area contributed by atoms with E-state index in [1.165, 1.54) is 4.57 Å². The summed E-state index contributed by atoms with van der Waals surface area (Å²) in [6, 6.07) is 4.29. The third-order valence-corrected chi connectivity index (χ3v) is 4.78. The number of hydrogen-bond acceptors (Lipinski definition) is 3. The number of aromatic nitrogens is 2. The maximum absolute atomic E-state index is 13.1. The molecule has 1 amide bonds. The van der Waals surface area contributed by atoms with Gasteiger partial charge in [-0.2, -0.15) is 0 Å². The van der Waals surface area contributed by atoms with Crippen molar-refractivity contribution in [3.8, 4) is 0 Å². The molecule has 134 valence electrons. The van der Waals surface area contributed by atoms with Crippen LogP contribution in [0, 0.1) is 5.41 Å². The standard InChI is InChI=1S/C18H23N3O4/c1-18(2,3)15(16(23)24)21-12-8-5-7-11-14(12)20(17(21)25)10-6-9-13(22)19(11)4/h5,7-8,15H,6,9-10H2,1-4H3,(H,23,24). The highest BCUT2D eigenvalue weighted by Gasteiger charge is 2.37. The second-order valence-corrected chi connectivity index (χ2v) is 7.61. The fourth-order valence-corrected chi connectivity index (χ4v) is 3.61. The number of carbonyl (C=O) groups is 2. The average molecular weight is 345 g/mol. The summed E-state index contributed by atoms with van der Waals surface area (Å²) >= 11 is 0. The summed E-state index contributed by atoms with van der Waals surface area (Å²) < 4.78 is 2.97. The summed E-state index contributed by atoms with van der Waals surface area (Å²) in [5, 5.41) is 9.78. The van der Waals surface area contributed by atoms with Crippen molar-refractivity contribution in [3.05, 3.63) is 28.7 Å². The largest absolute Gasteiger partial charge is 0.480 e. The molecule has 0 saturated heterocycles. The van der Waals surface area contributed by atoms with Crippen LogP contribution >= 0.6 is 0 Å². The van der Waals surface area contributed by atoms with Crippen LogP contribution in [0.2, 0.25) is 0 Å². The molecule has 0 bridgehead atoms. The van der Waals surface area contributed by atoms with Crippen molar-refractivity contribution in [2.45, 2.75) is 46.2 Å². The molecule has 0 radical (unpaired) electrons. The predicted octanol–water partition coefficient (Wildman–Crippen LogP) is 2.23. The number of carboxylic acid groups (broad SMARTS) is 1. The van der Waals surface area contributed by atoms with Crippen molar-refractivity contribution in [1.82, 2.24) is 9.13 Å². The lowest BCUT2D eigenvalue weighted by Gasteiger charge is -2.28. The van der Waals surface area contributed by atoms with Crippen LogP contribution in [0.4, 0.5) is 5.69 Å². The third kappa shape index (κ3) is 2.63. The van der Waals surface area contributed by atoms with Crippen LogP contribution in [0.3, 0.4) is 0 Å². The Kier molecular flexibility index (Phi) is 3.97. The van der Waals surface area contributed by atoms with E-state index in [0.717, 1.165) is 0 Å². The number of rotatable bonds is 2. The SMILES string of the molecule is CN1C(=O)CCCn2c(=O)n(C(C(=O)O)C(C)(C)C)c3cccc1c32. The number of amides is 1. The second-order valence-electron chi connectivity index (χ2n) is 7.61. The lowest BCUT2D eigenvalue weighted by molar-refractivity contribution is -0.144. The van der Waals surface area contributed by atoms with E-state index in [4.69, 9.17) is 0 Å². The van der Waals surface area contributed by atoms with Crippen molar-refractivity contribution in [3.63, 3.8) is 0 Å². The van der Waals surface area contributed by atoms with Crippen molar-refractivity contribution < 1.29 is 14.7 Å². The van der Waals surface area contributed by atoms with Gasteiger partial charge >= 0.3 is 11.7 Å². The van der Waals surface area contributed by atoms with Crippen LogP contribution in [0.15, 0.2) is 23.0 Å². The molecule has 2 heterocycles.